The van der Waals surface area contributed by atoms with Gasteiger partial charge in [0.05, 0.1) is 18.8 Å². The van der Waals surface area contributed by atoms with Crippen molar-refractivity contribution in [1.82, 2.24) is 10.3 Å². The molecular weight excluding hydrogens is 192 g/mol. The summed E-state index contributed by atoms with van der Waals surface area (Å²) in [5.41, 5.74) is 0.613. The van der Waals surface area contributed by atoms with Gasteiger partial charge in [-0.05, 0) is 18.6 Å². The summed E-state index contributed by atoms with van der Waals surface area (Å²) < 4.78 is 5.05. The standard InChI is InChI=1S/C11H14N2O2/c14-11(10-2-1-4-12-6-10)13-5-3-9-7-15-8-9/h1-2,4,6,9H,3,5,7-8H2,(H,13,14). The van der Waals surface area contributed by atoms with Crippen molar-refractivity contribution in [2.24, 2.45) is 5.92 Å². The molecule has 1 aliphatic rings. The molecule has 1 saturated heterocycles. The zero-order valence-electron chi connectivity index (χ0n) is 8.48. The number of hydrogen-bond acceptors (Lipinski definition) is 3. The Labute approximate surface area is 88.7 Å². The van der Waals surface area contributed by atoms with Gasteiger partial charge in [0.25, 0.3) is 5.91 Å². The largest absolute Gasteiger partial charge is 0.381 e. The number of nitrogens with zero attached hydrogens (tertiary/aromatic N) is 1. The summed E-state index contributed by atoms with van der Waals surface area (Å²) in [6.45, 7) is 2.38. The van der Waals surface area contributed by atoms with Gasteiger partial charge in [-0.1, -0.05) is 0 Å². The Morgan fingerprint density at radius 3 is 3.07 bits per heavy atom. The highest BCUT2D eigenvalue weighted by Gasteiger charge is 2.17. The molecule has 80 valence electrons. The summed E-state index contributed by atoms with van der Waals surface area (Å²) in [5, 5.41) is 2.86. The zero-order valence-corrected chi connectivity index (χ0v) is 8.48. The molecule has 1 aromatic rings. The van der Waals surface area contributed by atoms with Crippen molar-refractivity contribution < 1.29 is 9.53 Å². The zero-order chi connectivity index (χ0) is 10.5. The molecule has 1 fully saturated rings. The maximum atomic E-state index is 11.6. The first-order valence-corrected chi connectivity index (χ1v) is 5.12. The molecule has 1 N–H and O–H groups in total. The Bertz CT molecular complexity index is 323. The van der Waals surface area contributed by atoms with Gasteiger partial charge in [-0.15, -0.1) is 0 Å². The highest BCUT2D eigenvalue weighted by molar-refractivity contribution is 5.93. The van der Waals surface area contributed by atoms with Gasteiger partial charge in [0.15, 0.2) is 0 Å². The molecule has 4 nitrogen and oxygen atoms in total. The molecule has 0 spiro atoms. The number of aromatic nitrogens is 1. The van der Waals surface area contributed by atoms with Gasteiger partial charge in [-0.3, -0.25) is 9.78 Å². The highest BCUT2D eigenvalue weighted by Crippen LogP contribution is 2.12. The minimum Gasteiger partial charge on any atom is -0.381 e. The van der Waals surface area contributed by atoms with Crippen LogP contribution in [0.5, 0.6) is 0 Å². The molecule has 2 heterocycles. The number of amides is 1. The number of carbonyl (C=O) groups is 1. The van der Waals surface area contributed by atoms with Crippen LogP contribution < -0.4 is 5.32 Å². The lowest BCUT2D eigenvalue weighted by Gasteiger charge is -2.25. The number of hydrogen-bond donors (Lipinski definition) is 1. The van der Waals surface area contributed by atoms with Crippen LogP contribution in [0, 0.1) is 5.92 Å². The van der Waals surface area contributed by atoms with E-state index in [0.29, 0.717) is 18.0 Å². The maximum Gasteiger partial charge on any atom is 0.252 e. The van der Waals surface area contributed by atoms with Crippen LogP contribution in [0.2, 0.25) is 0 Å². The molecule has 0 atom stereocenters. The summed E-state index contributed by atoms with van der Waals surface area (Å²) in [6, 6.07) is 3.52. The predicted octanol–water partition coefficient (Wildman–Crippen LogP) is 0.848. The van der Waals surface area contributed by atoms with Crippen LogP contribution in [0.15, 0.2) is 24.5 Å². The summed E-state index contributed by atoms with van der Waals surface area (Å²) in [4.78, 5) is 15.4. The van der Waals surface area contributed by atoms with Crippen LogP contribution in [0.1, 0.15) is 16.8 Å². The van der Waals surface area contributed by atoms with Crippen molar-refractivity contribution in [2.75, 3.05) is 19.8 Å². The highest BCUT2D eigenvalue weighted by atomic mass is 16.5. The number of pyridine rings is 1. The van der Waals surface area contributed by atoms with Gasteiger partial charge >= 0.3 is 0 Å². The Morgan fingerprint density at radius 2 is 2.47 bits per heavy atom. The fourth-order valence-corrected chi connectivity index (χ4v) is 1.44. The van der Waals surface area contributed by atoms with Crippen molar-refractivity contribution in [3.8, 4) is 0 Å². The van der Waals surface area contributed by atoms with Crippen LogP contribution in [-0.4, -0.2) is 30.6 Å². The predicted molar refractivity (Wildman–Crippen MR) is 55.5 cm³/mol. The molecule has 15 heavy (non-hydrogen) atoms. The quantitative estimate of drug-likeness (QED) is 0.794. The van der Waals surface area contributed by atoms with E-state index in [2.05, 4.69) is 10.3 Å². The van der Waals surface area contributed by atoms with Crippen molar-refractivity contribution in [3.63, 3.8) is 0 Å². The third-order valence-electron chi connectivity index (χ3n) is 2.47. The Hall–Kier alpha value is -1.42. The molecule has 1 aliphatic heterocycles. The SMILES string of the molecule is O=C(NCCC1COC1)c1cccnc1. The average molecular weight is 206 g/mol. The normalized spacial score (nSPS) is 15.7. The second-order valence-corrected chi connectivity index (χ2v) is 3.69. The minimum atomic E-state index is -0.0525. The third-order valence-corrected chi connectivity index (χ3v) is 2.47. The number of ether oxygens (including phenoxy) is 1. The fourth-order valence-electron chi connectivity index (χ4n) is 1.44. The average Bonchev–Trinajstić information content (AvgIpc) is 2.23. The van der Waals surface area contributed by atoms with E-state index >= 15 is 0 Å². The van der Waals surface area contributed by atoms with Crippen LogP contribution in [-0.2, 0) is 4.74 Å². The van der Waals surface area contributed by atoms with Crippen molar-refractivity contribution in [2.45, 2.75) is 6.42 Å². The van der Waals surface area contributed by atoms with E-state index in [1.165, 1.54) is 0 Å². The molecule has 0 aliphatic carbocycles. The molecule has 0 bridgehead atoms. The smallest absolute Gasteiger partial charge is 0.252 e. The molecule has 0 unspecified atom stereocenters. The van der Waals surface area contributed by atoms with Gasteiger partial charge in [0, 0.05) is 24.9 Å². The van der Waals surface area contributed by atoms with Crippen LogP contribution in [0.25, 0.3) is 0 Å². The second-order valence-electron chi connectivity index (χ2n) is 3.69. The summed E-state index contributed by atoms with van der Waals surface area (Å²) in [5.74, 6) is 0.572. The van der Waals surface area contributed by atoms with Crippen molar-refractivity contribution >= 4 is 5.91 Å². The van der Waals surface area contributed by atoms with Crippen LogP contribution in [0.4, 0.5) is 0 Å². The van der Waals surface area contributed by atoms with E-state index in [1.807, 2.05) is 0 Å². The van der Waals surface area contributed by atoms with Gasteiger partial charge in [0.1, 0.15) is 0 Å². The lowest BCUT2D eigenvalue weighted by atomic mass is 10.0. The molecule has 2 rings (SSSR count). The molecule has 0 radical (unpaired) electrons. The third kappa shape index (κ3) is 2.76. The summed E-state index contributed by atoms with van der Waals surface area (Å²) in [6.07, 6.45) is 4.22. The Balaban J connectivity index is 1.72. The van der Waals surface area contributed by atoms with E-state index in [1.54, 1.807) is 24.5 Å². The van der Waals surface area contributed by atoms with Crippen LogP contribution >= 0.6 is 0 Å². The van der Waals surface area contributed by atoms with Crippen molar-refractivity contribution in [3.05, 3.63) is 30.1 Å². The lowest BCUT2D eigenvalue weighted by molar-refractivity contribution is -0.0349. The van der Waals surface area contributed by atoms with E-state index in [4.69, 9.17) is 4.74 Å². The monoisotopic (exact) mass is 206 g/mol. The van der Waals surface area contributed by atoms with Crippen molar-refractivity contribution in [1.29, 1.82) is 0 Å². The molecule has 1 aromatic heterocycles. The van der Waals surface area contributed by atoms with E-state index in [-0.39, 0.29) is 5.91 Å². The lowest BCUT2D eigenvalue weighted by Crippen LogP contribution is -2.33. The van der Waals surface area contributed by atoms with Gasteiger partial charge in [-0.25, -0.2) is 0 Å². The number of carbonyl (C=O) groups excluding carboxylic acids is 1. The van der Waals surface area contributed by atoms with E-state index < -0.39 is 0 Å². The molecular formula is C11H14N2O2. The molecule has 0 aromatic carbocycles. The maximum absolute atomic E-state index is 11.6. The summed E-state index contributed by atoms with van der Waals surface area (Å²) >= 11 is 0. The first kappa shape index (κ1) is 10.1. The van der Waals surface area contributed by atoms with Gasteiger partial charge in [-0.2, -0.15) is 0 Å². The first-order valence-electron chi connectivity index (χ1n) is 5.12. The molecule has 1 amide bonds. The Kier molecular flexibility index (Phi) is 3.29. The fraction of sp³-hybridized carbons (Fsp3) is 0.455. The van der Waals surface area contributed by atoms with Crippen LogP contribution in [0.3, 0.4) is 0 Å². The Morgan fingerprint density at radius 1 is 1.60 bits per heavy atom. The van der Waals surface area contributed by atoms with Gasteiger partial charge < -0.3 is 10.1 Å². The topological polar surface area (TPSA) is 51.2 Å². The molecule has 4 heteroatoms. The number of nitrogens with one attached hydrogen (secondary N) is 1. The minimum absolute atomic E-state index is 0.0525. The summed E-state index contributed by atoms with van der Waals surface area (Å²) in [7, 11) is 0. The second kappa shape index (κ2) is 4.89. The first-order chi connectivity index (χ1) is 7.36. The van der Waals surface area contributed by atoms with Gasteiger partial charge in [0.2, 0.25) is 0 Å². The number of rotatable bonds is 4. The molecule has 0 saturated carbocycles. The van der Waals surface area contributed by atoms with E-state index in [0.717, 1.165) is 19.6 Å². The van der Waals surface area contributed by atoms with E-state index in [9.17, 15) is 4.79 Å².